The summed E-state index contributed by atoms with van der Waals surface area (Å²) in [4.78, 5) is 14.1. The van der Waals surface area contributed by atoms with Crippen LogP contribution < -0.4 is 5.32 Å². The minimum Gasteiger partial charge on any atom is -0.404 e. The molecule has 1 atom stereocenters. The van der Waals surface area contributed by atoms with E-state index in [1.165, 1.54) is 6.07 Å². The molecule has 18 heavy (non-hydrogen) atoms. The maximum atomic E-state index is 10.5. The zero-order chi connectivity index (χ0) is 13.0. The second-order valence-electron chi connectivity index (χ2n) is 3.85. The predicted octanol–water partition coefficient (Wildman–Crippen LogP) is 2.43. The van der Waals surface area contributed by atoms with Crippen molar-refractivity contribution in [1.82, 2.24) is 10.3 Å². The highest BCUT2D eigenvalue weighted by atomic mass is 16.6. The Morgan fingerprint density at radius 3 is 2.89 bits per heavy atom. The molecule has 2 aromatic heterocycles. The highest BCUT2D eigenvalue weighted by Gasteiger charge is 2.12. The predicted molar refractivity (Wildman–Crippen MR) is 64.9 cm³/mol. The average molecular weight is 247 g/mol. The molecule has 0 spiro atoms. The minimum atomic E-state index is -0.550. The lowest BCUT2D eigenvalue weighted by atomic mass is 10.2. The van der Waals surface area contributed by atoms with Crippen LogP contribution in [0.25, 0.3) is 0 Å². The Morgan fingerprint density at radius 1 is 1.44 bits per heavy atom. The van der Waals surface area contributed by atoms with Gasteiger partial charge in [0.2, 0.25) is 0 Å². The third-order valence-electron chi connectivity index (χ3n) is 2.54. The maximum Gasteiger partial charge on any atom is 0.433 e. The SMILES string of the molecule is C[C@H](NCc1ccc([N+](=O)[O-])o1)c1ccccn1. The largest absolute Gasteiger partial charge is 0.433 e. The first kappa shape index (κ1) is 12.3. The van der Waals surface area contributed by atoms with E-state index in [0.717, 1.165) is 5.69 Å². The number of pyridine rings is 1. The smallest absolute Gasteiger partial charge is 0.404 e. The first-order valence-electron chi connectivity index (χ1n) is 5.54. The van der Waals surface area contributed by atoms with Crippen LogP contribution in [0.1, 0.15) is 24.4 Å². The van der Waals surface area contributed by atoms with Crippen molar-refractivity contribution in [1.29, 1.82) is 0 Å². The van der Waals surface area contributed by atoms with Gasteiger partial charge in [0.05, 0.1) is 18.3 Å². The zero-order valence-electron chi connectivity index (χ0n) is 9.87. The number of nitrogens with one attached hydrogen (secondary N) is 1. The summed E-state index contributed by atoms with van der Waals surface area (Å²) in [6.45, 7) is 2.39. The normalized spacial score (nSPS) is 12.3. The van der Waals surface area contributed by atoms with Crippen LogP contribution in [-0.4, -0.2) is 9.91 Å². The van der Waals surface area contributed by atoms with Gasteiger partial charge in [0.25, 0.3) is 0 Å². The van der Waals surface area contributed by atoms with Crippen LogP contribution in [0.15, 0.2) is 40.9 Å². The first-order valence-corrected chi connectivity index (χ1v) is 5.54. The van der Waals surface area contributed by atoms with Gasteiger partial charge in [-0.05, 0) is 25.1 Å². The fraction of sp³-hybridized carbons (Fsp3) is 0.250. The molecule has 0 saturated heterocycles. The number of aromatic nitrogens is 1. The van der Waals surface area contributed by atoms with Crippen LogP contribution in [0.2, 0.25) is 0 Å². The van der Waals surface area contributed by atoms with Crippen LogP contribution in [0.3, 0.4) is 0 Å². The molecule has 2 heterocycles. The quantitative estimate of drug-likeness (QED) is 0.648. The molecular formula is C12H13N3O3. The molecule has 2 aromatic rings. The molecule has 0 radical (unpaired) electrons. The van der Waals surface area contributed by atoms with Gasteiger partial charge in [-0.1, -0.05) is 6.07 Å². The van der Waals surface area contributed by atoms with Gasteiger partial charge in [-0.3, -0.25) is 15.1 Å². The number of nitro groups is 1. The lowest BCUT2D eigenvalue weighted by Crippen LogP contribution is -2.18. The molecule has 2 rings (SSSR count). The highest BCUT2D eigenvalue weighted by Crippen LogP contribution is 2.16. The van der Waals surface area contributed by atoms with Crippen molar-refractivity contribution in [2.45, 2.75) is 19.5 Å². The molecule has 0 aliphatic rings. The molecule has 0 saturated carbocycles. The highest BCUT2D eigenvalue weighted by molar-refractivity contribution is 5.18. The summed E-state index contributed by atoms with van der Waals surface area (Å²) < 4.78 is 5.05. The molecule has 0 unspecified atom stereocenters. The summed E-state index contributed by atoms with van der Waals surface area (Å²) in [5, 5.41) is 13.6. The Kier molecular flexibility index (Phi) is 3.69. The first-order chi connectivity index (χ1) is 8.66. The maximum absolute atomic E-state index is 10.5. The number of hydrogen-bond donors (Lipinski definition) is 1. The fourth-order valence-corrected chi connectivity index (χ4v) is 1.55. The number of hydrogen-bond acceptors (Lipinski definition) is 5. The number of nitrogens with zero attached hydrogens (tertiary/aromatic N) is 2. The van der Waals surface area contributed by atoms with Crippen molar-refractivity contribution in [2.75, 3.05) is 0 Å². The molecule has 0 aliphatic carbocycles. The second-order valence-corrected chi connectivity index (χ2v) is 3.85. The van der Waals surface area contributed by atoms with Gasteiger partial charge in [-0.15, -0.1) is 0 Å². The Balaban J connectivity index is 1.93. The fourth-order valence-electron chi connectivity index (χ4n) is 1.55. The number of furan rings is 1. The van der Waals surface area contributed by atoms with Crippen LogP contribution in [0.4, 0.5) is 5.88 Å². The van der Waals surface area contributed by atoms with Gasteiger partial charge in [-0.2, -0.15) is 0 Å². The Morgan fingerprint density at radius 2 is 2.28 bits per heavy atom. The molecule has 0 aromatic carbocycles. The molecule has 0 fully saturated rings. The topological polar surface area (TPSA) is 81.2 Å². The summed E-state index contributed by atoms with van der Waals surface area (Å²) in [6, 6.07) is 8.68. The van der Waals surface area contributed by atoms with Crippen molar-refractivity contribution < 1.29 is 9.34 Å². The summed E-state index contributed by atoms with van der Waals surface area (Å²) in [5.74, 6) is 0.293. The van der Waals surface area contributed by atoms with Crippen LogP contribution in [-0.2, 0) is 6.54 Å². The van der Waals surface area contributed by atoms with Crippen LogP contribution >= 0.6 is 0 Å². The van der Waals surface area contributed by atoms with Gasteiger partial charge in [0.15, 0.2) is 0 Å². The molecule has 0 bridgehead atoms. The third kappa shape index (κ3) is 2.92. The monoisotopic (exact) mass is 247 g/mol. The van der Waals surface area contributed by atoms with Crippen LogP contribution in [0.5, 0.6) is 0 Å². The van der Waals surface area contributed by atoms with Gasteiger partial charge in [-0.25, -0.2) is 0 Å². The van der Waals surface area contributed by atoms with Gasteiger partial charge < -0.3 is 9.73 Å². The molecule has 0 amide bonds. The van der Waals surface area contributed by atoms with Crippen molar-refractivity contribution >= 4 is 5.88 Å². The van der Waals surface area contributed by atoms with Crippen molar-refractivity contribution in [3.8, 4) is 0 Å². The van der Waals surface area contributed by atoms with Crippen LogP contribution in [0, 0.1) is 10.1 Å². The molecule has 1 N–H and O–H groups in total. The van der Waals surface area contributed by atoms with Crippen molar-refractivity contribution in [3.05, 3.63) is 58.1 Å². The van der Waals surface area contributed by atoms with E-state index in [9.17, 15) is 10.1 Å². The van der Waals surface area contributed by atoms with E-state index in [0.29, 0.717) is 12.3 Å². The van der Waals surface area contributed by atoms with Gasteiger partial charge in [0.1, 0.15) is 10.7 Å². The van der Waals surface area contributed by atoms with Gasteiger partial charge >= 0.3 is 5.88 Å². The summed E-state index contributed by atoms with van der Waals surface area (Å²) in [7, 11) is 0. The summed E-state index contributed by atoms with van der Waals surface area (Å²) >= 11 is 0. The van der Waals surface area contributed by atoms with E-state index >= 15 is 0 Å². The standard InChI is InChI=1S/C12H13N3O3/c1-9(11-4-2-3-7-13-11)14-8-10-5-6-12(18-10)15(16)17/h2-7,9,14H,8H2,1H3/t9-/m0/s1. The minimum absolute atomic E-state index is 0.0513. The molecule has 6 nitrogen and oxygen atoms in total. The Labute approximate surface area is 104 Å². The molecule has 0 aliphatic heterocycles. The van der Waals surface area contributed by atoms with E-state index in [-0.39, 0.29) is 11.9 Å². The van der Waals surface area contributed by atoms with E-state index in [1.807, 2.05) is 25.1 Å². The van der Waals surface area contributed by atoms with Gasteiger partial charge in [0, 0.05) is 12.2 Å². The average Bonchev–Trinajstić information content (AvgIpc) is 2.86. The molecule has 6 heteroatoms. The van der Waals surface area contributed by atoms with Crippen molar-refractivity contribution in [3.63, 3.8) is 0 Å². The molecule has 94 valence electrons. The van der Waals surface area contributed by atoms with E-state index in [2.05, 4.69) is 10.3 Å². The lowest BCUT2D eigenvalue weighted by molar-refractivity contribution is -0.402. The van der Waals surface area contributed by atoms with E-state index in [4.69, 9.17) is 4.42 Å². The second kappa shape index (κ2) is 5.42. The Hall–Kier alpha value is -2.21. The van der Waals surface area contributed by atoms with E-state index < -0.39 is 4.92 Å². The summed E-state index contributed by atoms with van der Waals surface area (Å²) in [6.07, 6.45) is 1.73. The Bertz CT molecular complexity index is 524. The third-order valence-corrected chi connectivity index (χ3v) is 2.54. The number of rotatable bonds is 5. The van der Waals surface area contributed by atoms with E-state index in [1.54, 1.807) is 12.3 Å². The van der Waals surface area contributed by atoms with Crippen molar-refractivity contribution in [2.24, 2.45) is 0 Å². The summed E-state index contributed by atoms with van der Waals surface area (Å²) in [5.41, 5.74) is 0.915. The zero-order valence-corrected chi connectivity index (χ0v) is 9.87. The molecular weight excluding hydrogens is 234 g/mol. The lowest BCUT2D eigenvalue weighted by Gasteiger charge is -2.11.